The van der Waals surface area contributed by atoms with Crippen molar-refractivity contribution in [3.05, 3.63) is 98.6 Å². The molecule has 3 aliphatic rings. The summed E-state index contributed by atoms with van der Waals surface area (Å²) in [6.45, 7) is 21.7. The van der Waals surface area contributed by atoms with Crippen LogP contribution in [0.3, 0.4) is 0 Å². The van der Waals surface area contributed by atoms with E-state index < -0.39 is 10.1 Å². The maximum Gasteiger partial charge on any atom is 0.294 e. The Kier molecular flexibility index (Phi) is 18.7. The van der Waals surface area contributed by atoms with Crippen molar-refractivity contribution in [2.45, 2.75) is 106 Å². The van der Waals surface area contributed by atoms with Gasteiger partial charge in [0.2, 0.25) is 0 Å². The molecule has 0 saturated carbocycles. The number of ketones is 3. The van der Waals surface area contributed by atoms with E-state index in [0.29, 0.717) is 24.2 Å². The van der Waals surface area contributed by atoms with Gasteiger partial charge < -0.3 is 4.90 Å². The average molecular weight is 710 g/mol. The van der Waals surface area contributed by atoms with Crippen molar-refractivity contribution in [3.63, 3.8) is 0 Å². The van der Waals surface area contributed by atoms with E-state index in [4.69, 9.17) is 0 Å². The average Bonchev–Trinajstić information content (AvgIpc) is 3.66. The molecule has 276 valence electrons. The first kappa shape index (κ1) is 44.5. The van der Waals surface area contributed by atoms with Crippen LogP contribution >= 0.6 is 0 Å². The number of benzene rings is 3. The summed E-state index contributed by atoms with van der Waals surface area (Å²) < 4.78 is 31.8. The SMILES string of the molecule is CC.CC.CC.CC(=O)c1cc2c(c(S(=O)(=O)O)c1)CN(C)C2.CC(=O)c1ccc2c(c1)CCN(C)C2.CC(=O)c1ccc2c(c1)CN(C)C2. The van der Waals surface area contributed by atoms with Crippen LogP contribution in [0.5, 0.6) is 0 Å². The summed E-state index contributed by atoms with van der Waals surface area (Å²) >= 11 is 0. The van der Waals surface area contributed by atoms with E-state index in [2.05, 4.69) is 36.0 Å². The molecule has 0 amide bonds. The summed E-state index contributed by atoms with van der Waals surface area (Å²) in [5, 5.41) is 0. The third kappa shape index (κ3) is 12.7. The van der Waals surface area contributed by atoms with Crippen LogP contribution in [0, 0.1) is 0 Å². The van der Waals surface area contributed by atoms with E-state index in [1.165, 1.54) is 35.2 Å². The number of fused-ring (bicyclic) bond motifs is 3. The van der Waals surface area contributed by atoms with Gasteiger partial charge >= 0.3 is 0 Å². The molecule has 6 rings (SSSR count). The van der Waals surface area contributed by atoms with Crippen LogP contribution in [0.25, 0.3) is 0 Å². The molecule has 10 heteroatoms. The van der Waals surface area contributed by atoms with E-state index in [1.807, 2.05) is 77.8 Å². The first-order chi connectivity index (χ1) is 23.6. The first-order valence-corrected chi connectivity index (χ1v) is 19.0. The van der Waals surface area contributed by atoms with Crippen molar-refractivity contribution in [3.8, 4) is 0 Å². The van der Waals surface area contributed by atoms with Gasteiger partial charge in [-0.2, -0.15) is 8.42 Å². The standard InChI is InChI=1S/C12H15NO.C11H13NO4S.C11H13NO.3C2H6/c1-9(14)10-3-4-12-8-13(2)6-5-11(12)7-10;1-7(13)8-3-9-5-12(2)6-10(9)11(4-8)17(14,15)16;1-8(13)9-3-4-10-6-12(2)7-11(10)5-9;3*1-2/h3-4,7H,5-6,8H2,1-2H3;3-4H,5-6H2,1-2H3,(H,14,15,16);3-5H,6-7H2,1-2H3;3*1-2H3. The predicted octanol–water partition coefficient (Wildman–Crippen LogP) is 7.87. The van der Waals surface area contributed by atoms with Crippen molar-refractivity contribution in [1.82, 2.24) is 14.7 Å². The summed E-state index contributed by atoms with van der Waals surface area (Å²) in [5.74, 6) is 0.0938. The van der Waals surface area contributed by atoms with Crippen molar-refractivity contribution in [2.24, 2.45) is 0 Å². The highest BCUT2D eigenvalue weighted by Gasteiger charge is 2.26. The highest BCUT2D eigenvalue weighted by Crippen LogP contribution is 2.30. The van der Waals surface area contributed by atoms with Crippen molar-refractivity contribution in [2.75, 3.05) is 27.7 Å². The fourth-order valence-corrected chi connectivity index (χ4v) is 6.55. The molecule has 0 saturated heterocycles. The third-order valence-electron chi connectivity index (χ3n) is 8.16. The van der Waals surface area contributed by atoms with Crippen LogP contribution in [0.4, 0.5) is 0 Å². The molecule has 0 atom stereocenters. The molecule has 1 N–H and O–H groups in total. The molecule has 3 heterocycles. The molecule has 3 aliphatic heterocycles. The van der Waals surface area contributed by atoms with Gasteiger partial charge in [-0.1, -0.05) is 65.8 Å². The molecule has 9 nitrogen and oxygen atoms in total. The monoisotopic (exact) mass is 709 g/mol. The maximum absolute atomic E-state index is 11.3. The van der Waals surface area contributed by atoms with Crippen molar-refractivity contribution in [1.29, 1.82) is 0 Å². The Balaban J connectivity index is 0.000000351. The summed E-state index contributed by atoms with van der Waals surface area (Å²) in [5.41, 5.74) is 8.71. The Bertz CT molecular complexity index is 1720. The fraction of sp³-hybridized carbons (Fsp3) is 0.475. The smallest absolute Gasteiger partial charge is 0.294 e. The van der Waals surface area contributed by atoms with Crippen LogP contribution < -0.4 is 0 Å². The number of carbonyl (C=O) groups excluding carboxylic acids is 3. The largest absolute Gasteiger partial charge is 0.302 e. The molecule has 0 aromatic heterocycles. The van der Waals surface area contributed by atoms with E-state index in [9.17, 15) is 27.4 Å². The quantitative estimate of drug-likeness (QED) is 0.214. The van der Waals surface area contributed by atoms with Gasteiger partial charge in [0.15, 0.2) is 17.3 Å². The lowest BCUT2D eigenvalue weighted by atomic mass is 9.96. The van der Waals surface area contributed by atoms with E-state index in [-0.39, 0.29) is 22.2 Å². The van der Waals surface area contributed by atoms with Crippen LogP contribution in [0.1, 0.15) is 127 Å². The second kappa shape index (κ2) is 21.0. The van der Waals surface area contributed by atoms with Gasteiger partial charge in [-0.3, -0.25) is 28.7 Å². The molecule has 0 aliphatic carbocycles. The van der Waals surface area contributed by atoms with Crippen LogP contribution in [-0.4, -0.2) is 72.7 Å². The lowest BCUT2D eigenvalue weighted by Gasteiger charge is -2.25. The number of hydrogen-bond acceptors (Lipinski definition) is 8. The minimum atomic E-state index is -4.29. The molecule has 0 spiro atoms. The molecule has 0 fully saturated rings. The number of likely N-dealkylation sites (N-methyl/N-ethyl adjacent to an activating group) is 1. The van der Waals surface area contributed by atoms with Gasteiger partial charge in [0.25, 0.3) is 10.1 Å². The zero-order valence-electron chi connectivity index (χ0n) is 32.3. The zero-order valence-corrected chi connectivity index (χ0v) is 33.1. The number of Topliss-reactive ketones (excluding diaryl/α,β-unsaturated/α-hetero) is 3. The van der Waals surface area contributed by atoms with Gasteiger partial charge in [0, 0.05) is 56.0 Å². The second-order valence-corrected chi connectivity index (χ2v) is 13.4. The minimum absolute atomic E-state index is 0.149. The molecule has 3 aromatic rings. The number of hydrogen-bond donors (Lipinski definition) is 1. The Morgan fingerprint density at radius 1 is 0.540 bits per heavy atom. The van der Waals surface area contributed by atoms with Gasteiger partial charge in [0.1, 0.15) is 0 Å². The fourth-order valence-electron chi connectivity index (χ4n) is 5.77. The van der Waals surface area contributed by atoms with Gasteiger partial charge in [0.05, 0.1) is 4.90 Å². The van der Waals surface area contributed by atoms with E-state index >= 15 is 0 Å². The molecular weight excluding hydrogens is 651 g/mol. The number of rotatable bonds is 4. The number of nitrogens with zero attached hydrogens (tertiary/aromatic N) is 3. The van der Waals surface area contributed by atoms with E-state index in [0.717, 1.165) is 49.3 Å². The lowest BCUT2D eigenvalue weighted by Crippen LogP contribution is -2.26. The Hall–Kier alpha value is -3.54. The van der Waals surface area contributed by atoms with Crippen LogP contribution in [-0.2, 0) is 49.3 Å². The Morgan fingerprint density at radius 2 is 0.940 bits per heavy atom. The molecule has 0 bridgehead atoms. The third-order valence-corrected chi connectivity index (χ3v) is 9.08. The van der Waals surface area contributed by atoms with Crippen LogP contribution in [0.2, 0.25) is 0 Å². The van der Waals surface area contributed by atoms with Gasteiger partial charge in [-0.15, -0.1) is 0 Å². The zero-order chi connectivity index (χ0) is 38.3. The lowest BCUT2D eigenvalue weighted by molar-refractivity contribution is 0.100. The van der Waals surface area contributed by atoms with Gasteiger partial charge in [-0.05, 0) is 106 Å². The minimum Gasteiger partial charge on any atom is -0.302 e. The maximum atomic E-state index is 11.3. The Labute approximate surface area is 301 Å². The number of carbonyl (C=O) groups is 3. The first-order valence-electron chi connectivity index (χ1n) is 17.6. The summed E-state index contributed by atoms with van der Waals surface area (Å²) in [6.07, 6.45) is 1.06. The molecular formula is C40H59N3O6S. The van der Waals surface area contributed by atoms with E-state index in [1.54, 1.807) is 19.9 Å². The van der Waals surface area contributed by atoms with Crippen molar-refractivity contribution < 1.29 is 27.4 Å². The summed E-state index contributed by atoms with van der Waals surface area (Å²) in [7, 11) is 1.78. The second-order valence-electron chi connectivity index (χ2n) is 12.1. The summed E-state index contributed by atoms with van der Waals surface area (Å²) in [6, 6.07) is 15.0. The summed E-state index contributed by atoms with van der Waals surface area (Å²) in [4.78, 5) is 39.9. The molecule has 0 unspecified atom stereocenters. The highest BCUT2D eigenvalue weighted by molar-refractivity contribution is 7.85. The van der Waals surface area contributed by atoms with Crippen LogP contribution in [0.15, 0.2) is 53.4 Å². The molecule has 50 heavy (non-hydrogen) atoms. The van der Waals surface area contributed by atoms with Crippen molar-refractivity contribution >= 4 is 27.5 Å². The highest BCUT2D eigenvalue weighted by atomic mass is 32.2. The normalized spacial score (nSPS) is 14.5. The molecule has 3 aromatic carbocycles. The Morgan fingerprint density at radius 3 is 1.44 bits per heavy atom. The van der Waals surface area contributed by atoms with Gasteiger partial charge in [-0.25, -0.2) is 0 Å². The topological polar surface area (TPSA) is 115 Å². The molecule has 0 radical (unpaired) electrons. The predicted molar refractivity (Wildman–Crippen MR) is 204 cm³/mol.